The number of hydrogen-bond acceptors (Lipinski definition) is 5. The number of nitrogens with zero attached hydrogens (tertiary/aromatic N) is 2. The lowest BCUT2D eigenvalue weighted by Crippen LogP contribution is -2.14. The molecule has 20 heavy (non-hydrogen) atoms. The van der Waals surface area contributed by atoms with Gasteiger partial charge in [-0.15, -0.1) is 21.5 Å². The van der Waals surface area contributed by atoms with E-state index >= 15 is 0 Å². The topological polar surface area (TPSA) is 47.0 Å². The molecule has 0 radical (unpaired) electrons. The van der Waals surface area contributed by atoms with Crippen molar-refractivity contribution in [1.82, 2.24) is 15.5 Å². The fourth-order valence-electron chi connectivity index (χ4n) is 2.02. The van der Waals surface area contributed by atoms with Crippen molar-refractivity contribution in [3.05, 3.63) is 39.8 Å². The van der Waals surface area contributed by atoms with Gasteiger partial charge in [-0.2, -0.15) is 0 Å². The van der Waals surface area contributed by atoms with Crippen LogP contribution in [0.1, 0.15) is 28.4 Å². The van der Waals surface area contributed by atoms with Gasteiger partial charge in [-0.3, -0.25) is 0 Å². The van der Waals surface area contributed by atoms with Gasteiger partial charge in [0.05, 0.1) is 7.11 Å². The van der Waals surface area contributed by atoms with E-state index < -0.39 is 0 Å². The number of aryl methyl sites for hydroxylation is 2. The summed E-state index contributed by atoms with van der Waals surface area (Å²) in [4.78, 5) is 0. The van der Waals surface area contributed by atoms with Gasteiger partial charge in [0.25, 0.3) is 0 Å². The van der Waals surface area contributed by atoms with Crippen molar-refractivity contribution in [3.63, 3.8) is 0 Å². The number of nitrogens with one attached hydrogen (secondary N) is 1. The third-order valence-corrected chi connectivity index (χ3v) is 4.40. The largest absolute Gasteiger partial charge is 0.497 e. The van der Waals surface area contributed by atoms with Crippen LogP contribution in [0.25, 0.3) is 0 Å². The van der Waals surface area contributed by atoms with Crippen LogP contribution in [0.3, 0.4) is 0 Å². The Bertz CT molecular complexity index is 549. The number of benzene rings is 1. The molecule has 1 aliphatic carbocycles. The minimum absolute atomic E-state index is 0.724. The molecule has 0 atom stereocenters. The summed E-state index contributed by atoms with van der Waals surface area (Å²) in [5.41, 5.74) is 1.30. The molecule has 1 aromatic heterocycles. The van der Waals surface area contributed by atoms with Crippen LogP contribution in [-0.4, -0.2) is 23.3 Å². The number of hydrogen-bond donors (Lipinski definition) is 1. The number of ether oxygens (including phenoxy) is 1. The fourth-order valence-corrected chi connectivity index (χ4v) is 2.82. The second kappa shape index (κ2) is 6.33. The predicted octanol–water partition coefficient (Wildman–Crippen LogP) is 2.58. The number of methoxy groups -OCH3 is 1. The summed E-state index contributed by atoms with van der Waals surface area (Å²) in [5, 5.41) is 14.2. The number of rotatable bonds is 7. The summed E-state index contributed by atoms with van der Waals surface area (Å²) in [6, 6.07) is 8.94. The molecule has 1 aromatic carbocycles. The first-order valence-electron chi connectivity index (χ1n) is 7.01. The third kappa shape index (κ3) is 3.77. The molecule has 0 unspecified atom stereocenters. The molecule has 0 amide bonds. The Morgan fingerprint density at radius 2 is 1.90 bits per heavy atom. The van der Waals surface area contributed by atoms with E-state index in [4.69, 9.17) is 4.74 Å². The predicted molar refractivity (Wildman–Crippen MR) is 80.2 cm³/mol. The molecule has 4 nitrogen and oxygen atoms in total. The lowest BCUT2D eigenvalue weighted by molar-refractivity contribution is 0.414. The van der Waals surface area contributed by atoms with Gasteiger partial charge in [-0.1, -0.05) is 12.1 Å². The zero-order valence-corrected chi connectivity index (χ0v) is 12.4. The quantitative estimate of drug-likeness (QED) is 0.851. The van der Waals surface area contributed by atoms with Crippen molar-refractivity contribution < 1.29 is 4.74 Å². The van der Waals surface area contributed by atoms with Gasteiger partial charge in [0.15, 0.2) is 0 Å². The number of aromatic nitrogens is 2. The molecule has 0 spiro atoms. The van der Waals surface area contributed by atoms with Crippen LogP contribution in [0.4, 0.5) is 0 Å². The molecule has 2 aromatic rings. The van der Waals surface area contributed by atoms with Gasteiger partial charge in [-0.25, -0.2) is 0 Å². The summed E-state index contributed by atoms with van der Waals surface area (Å²) >= 11 is 1.72. The zero-order chi connectivity index (χ0) is 13.8. The van der Waals surface area contributed by atoms with Gasteiger partial charge in [0.1, 0.15) is 15.8 Å². The van der Waals surface area contributed by atoms with Crippen LogP contribution >= 0.6 is 11.3 Å². The van der Waals surface area contributed by atoms with E-state index in [2.05, 4.69) is 27.6 Å². The highest BCUT2D eigenvalue weighted by atomic mass is 32.1. The van der Waals surface area contributed by atoms with Crippen LogP contribution in [0.15, 0.2) is 24.3 Å². The molecule has 1 heterocycles. The maximum atomic E-state index is 5.16. The normalized spacial score (nSPS) is 14.4. The average Bonchev–Trinajstić information content (AvgIpc) is 3.22. The van der Waals surface area contributed by atoms with E-state index in [9.17, 15) is 0 Å². The molecular weight excluding hydrogens is 270 g/mol. The molecule has 0 aliphatic heterocycles. The monoisotopic (exact) mass is 289 g/mol. The van der Waals surface area contributed by atoms with Gasteiger partial charge in [0, 0.05) is 19.0 Å². The van der Waals surface area contributed by atoms with Crippen molar-refractivity contribution in [2.75, 3.05) is 7.11 Å². The van der Waals surface area contributed by atoms with Crippen molar-refractivity contribution in [1.29, 1.82) is 0 Å². The highest BCUT2D eigenvalue weighted by molar-refractivity contribution is 7.11. The summed E-state index contributed by atoms with van der Waals surface area (Å²) in [6.07, 6.45) is 4.56. The molecule has 0 saturated heterocycles. The van der Waals surface area contributed by atoms with E-state index in [1.165, 1.54) is 18.4 Å². The summed E-state index contributed by atoms with van der Waals surface area (Å²) < 4.78 is 5.16. The Balaban J connectivity index is 1.49. The van der Waals surface area contributed by atoms with Gasteiger partial charge < -0.3 is 10.1 Å². The van der Waals surface area contributed by atoms with E-state index in [1.807, 2.05) is 12.1 Å². The summed E-state index contributed by atoms with van der Waals surface area (Å²) in [6.45, 7) is 0.866. The van der Waals surface area contributed by atoms with Gasteiger partial charge in [-0.05, 0) is 37.0 Å². The van der Waals surface area contributed by atoms with Gasteiger partial charge in [0.2, 0.25) is 0 Å². The maximum absolute atomic E-state index is 5.16. The maximum Gasteiger partial charge on any atom is 0.131 e. The second-order valence-electron chi connectivity index (χ2n) is 5.09. The lowest BCUT2D eigenvalue weighted by atomic mass is 10.1. The first-order chi connectivity index (χ1) is 9.83. The van der Waals surface area contributed by atoms with Crippen molar-refractivity contribution in [3.8, 4) is 5.75 Å². The zero-order valence-electron chi connectivity index (χ0n) is 11.6. The Labute approximate surface area is 123 Å². The standard InChI is InChI=1S/C15H19N3OS/c1-19-13-7-2-11(3-8-13)4-9-14-17-18-15(20-14)10-16-12-5-6-12/h2-3,7-8,12,16H,4-6,9-10H2,1H3. The van der Waals surface area contributed by atoms with E-state index in [-0.39, 0.29) is 0 Å². The van der Waals surface area contributed by atoms with Crippen LogP contribution in [0, 0.1) is 0 Å². The van der Waals surface area contributed by atoms with E-state index in [1.54, 1.807) is 18.4 Å². The molecule has 1 aliphatic rings. The van der Waals surface area contributed by atoms with E-state index in [0.29, 0.717) is 0 Å². The van der Waals surface area contributed by atoms with Crippen molar-refractivity contribution >= 4 is 11.3 Å². The van der Waals surface area contributed by atoms with Crippen LogP contribution in [0.5, 0.6) is 5.75 Å². The minimum Gasteiger partial charge on any atom is -0.497 e. The average molecular weight is 289 g/mol. The molecular formula is C15H19N3OS. The Kier molecular flexibility index (Phi) is 4.28. The molecule has 0 bridgehead atoms. The van der Waals surface area contributed by atoms with Gasteiger partial charge >= 0.3 is 0 Å². The fraction of sp³-hybridized carbons (Fsp3) is 0.467. The Hall–Kier alpha value is -1.46. The smallest absolute Gasteiger partial charge is 0.131 e. The SMILES string of the molecule is COc1ccc(CCc2nnc(CNC3CC3)s2)cc1. The molecule has 1 saturated carbocycles. The molecule has 5 heteroatoms. The molecule has 3 rings (SSSR count). The first-order valence-corrected chi connectivity index (χ1v) is 7.83. The molecule has 1 N–H and O–H groups in total. The highest BCUT2D eigenvalue weighted by Gasteiger charge is 2.20. The lowest BCUT2D eigenvalue weighted by Gasteiger charge is -2.01. The van der Waals surface area contributed by atoms with Crippen LogP contribution in [0.2, 0.25) is 0 Å². The highest BCUT2D eigenvalue weighted by Crippen LogP contribution is 2.20. The third-order valence-electron chi connectivity index (χ3n) is 3.41. The minimum atomic E-state index is 0.724. The van der Waals surface area contributed by atoms with Crippen molar-refractivity contribution in [2.45, 2.75) is 38.3 Å². The first kappa shape index (κ1) is 13.5. The van der Waals surface area contributed by atoms with Crippen molar-refractivity contribution in [2.24, 2.45) is 0 Å². The molecule has 1 fully saturated rings. The summed E-state index contributed by atoms with van der Waals surface area (Å²) in [5.74, 6) is 0.901. The summed E-state index contributed by atoms with van der Waals surface area (Å²) in [7, 11) is 1.69. The molecule has 106 valence electrons. The van der Waals surface area contributed by atoms with E-state index in [0.717, 1.165) is 41.2 Å². The Morgan fingerprint density at radius 3 is 2.60 bits per heavy atom. The second-order valence-corrected chi connectivity index (χ2v) is 6.24. The van der Waals surface area contributed by atoms with Crippen LogP contribution < -0.4 is 10.1 Å². The Morgan fingerprint density at radius 1 is 1.15 bits per heavy atom. The van der Waals surface area contributed by atoms with Crippen LogP contribution in [-0.2, 0) is 19.4 Å².